The van der Waals surface area contributed by atoms with Crippen LogP contribution in [0.3, 0.4) is 0 Å². The number of fused-ring (bicyclic) bond motifs is 1. The highest BCUT2D eigenvalue weighted by molar-refractivity contribution is 5.93. The first-order chi connectivity index (χ1) is 11.7. The zero-order valence-corrected chi connectivity index (χ0v) is 14.4. The first-order valence-corrected chi connectivity index (χ1v) is 9.01. The number of carbonyl (C=O) groups is 1. The van der Waals surface area contributed by atoms with Crippen LogP contribution in [0.2, 0.25) is 0 Å². The number of piperazine rings is 1. The predicted octanol–water partition coefficient (Wildman–Crippen LogP) is 1.99. The third kappa shape index (κ3) is 3.00. The molecule has 24 heavy (non-hydrogen) atoms. The zero-order valence-electron chi connectivity index (χ0n) is 14.4. The van der Waals surface area contributed by atoms with E-state index in [4.69, 9.17) is 0 Å². The minimum absolute atomic E-state index is 0.154. The van der Waals surface area contributed by atoms with Gasteiger partial charge in [-0.25, -0.2) is 0 Å². The molecule has 1 aromatic heterocycles. The van der Waals surface area contributed by atoms with Crippen LogP contribution in [0.15, 0.2) is 30.0 Å². The van der Waals surface area contributed by atoms with E-state index in [1.807, 2.05) is 4.90 Å². The highest BCUT2D eigenvalue weighted by Gasteiger charge is 2.25. The van der Waals surface area contributed by atoms with Crippen LogP contribution in [0.25, 0.3) is 0 Å². The molecule has 0 bridgehead atoms. The molecule has 0 radical (unpaired) electrons. The summed E-state index contributed by atoms with van der Waals surface area (Å²) in [5, 5.41) is 0. The fourth-order valence-electron chi connectivity index (χ4n) is 3.79. The van der Waals surface area contributed by atoms with Crippen molar-refractivity contribution in [2.24, 2.45) is 0 Å². The molecule has 1 saturated heterocycles. The molecule has 5 nitrogen and oxygen atoms in total. The largest absolute Gasteiger partial charge is 0.367 e. The fourth-order valence-corrected chi connectivity index (χ4v) is 3.79. The van der Waals surface area contributed by atoms with Crippen LogP contribution in [0, 0.1) is 0 Å². The van der Waals surface area contributed by atoms with Gasteiger partial charge in [0.15, 0.2) is 0 Å². The van der Waals surface area contributed by atoms with Gasteiger partial charge in [-0.15, -0.1) is 0 Å². The van der Waals surface area contributed by atoms with E-state index in [-0.39, 0.29) is 5.91 Å². The van der Waals surface area contributed by atoms with Gasteiger partial charge in [0.2, 0.25) is 0 Å². The minimum Gasteiger partial charge on any atom is -0.367 e. The summed E-state index contributed by atoms with van der Waals surface area (Å²) in [6.45, 7) is 5.48. The maximum absolute atomic E-state index is 12.7. The third-order valence-corrected chi connectivity index (χ3v) is 5.35. The summed E-state index contributed by atoms with van der Waals surface area (Å²) < 4.78 is 0. The van der Waals surface area contributed by atoms with Gasteiger partial charge in [-0.05, 0) is 37.6 Å². The van der Waals surface area contributed by atoms with Crippen LogP contribution >= 0.6 is 0 Å². The SMILES string of the molecule is CN1CCN(C(=O)c2cc3c([nH]2)CCN(C2=CCCC=C2)C3)CC1. The second kappa shape index (κ2) is 6.48. The number of aromatic nitrogens is 1. The lowest BCUT2D eigenvalue weighted by Crippen LogP contribution is -2.47. The number of hydrogen-bond acceptors (Lipinski definition) is 3. The molecule has 5 heteroatoms. The average molecular weight is 326 g/mol. The Bertz CT molecular complexity index is 680. The van der Waals surface area contributed by atoms with Crippen molar-refractivity contribution in [3.8, 4) is 0 Å². The molecule has 0 saturated carbocycles. The van der Waals surface area contributed by atoms with Crippen LogP contribution in [-0.4, -0.2) is 65.4 Å². The van der Waals surface area contributed by atoms with Crippen molar-refractivity contribution in [2.45, 2.75) is 25.8 Å². The number of hydrogen-bond donors (Lipinski definition) is 1. The smallest absolute Gasteiger partial charge is 0.270 e. The number of nitrogens with zero attached hydrogens (tertiary/aromatic N) is 3. The molecule has 128 valence electrons. The second-order valence-corrected chi connectivity index (χ2v) is 7.06. The van der Waals surface area contributed by atoms with Gasteiger partial charge in [0, 0.05) is 57.1 Å². The molecule has 0 atom stereocenters. The zero-order chi connectivity index (χ0) is 16.5. The summed E-state index contributed by atoms with van der Waals surface area (Å²) in [5.74, 6) is 0.154. The molecule has 1 amide bonds. The van der Waals surface area contributed by atoms with Crippen molar-refractivity contribution in [2.75, 3.05) is 39.8 Å². The lowest BCUT2D eigenvalue weighted by atomic mass is 10.0. The molecular weight excluding hydrogens is 300 g/mol. The number of H-pyrrole nitrogens is 1. The molecule has 1 aliphatic carbocycles. The van der Waals surface area contributed by atoms with E-state index in [0.29, 0.717) is 0 Å². The Morgan fingerprint density at radius 1 is 1.12 bits per heavy atom. The van der Waals surface area contributed by atoms with E-state index in [2.05, 4.69) is 46.1 Å². The number of allylic oxidation sites excluding steroid dienone is 3. The Morgan fingerprint density at radius 2 is 1.96 bits per heavy atom. The summed E-state index contributed by atoms with van der Waals surface area (Å²) in [7, 11) is 2.11. The predicted molar refractivity (Wildman–Crippen MR) is 94.8 cm³/mol. The van der Waals surface area contributed by atoms with Gasteiger partial charge in [0.1, 0.15) is 5.69 Å². The van der Waals surface area contributed by atoms with E-state index in [1.165, 1.54) is 17.0 Å². The molecule has 2 aliphatic heterocycles. The van der Waals surface area contributed by atoms with E-state index in [0.717, 1.165) is 64.2 Å². The number of aromatic amines is 1. The van der Waals surface area contributed by atoms with Crippen LogP contribution in [0.4, 0.5) is 0 Å². The topological polar surface area (TPSA) is 42.6 Å². The normalized spacial score (nSPS) is 21.6. The van der Waals surface area contributed by atoms with Crippen molar-refractivity contribution in [1.82, 2.24) is 19.7 Å². The Balaban J connectivity index is 1.47. The minimum atomic E-state index is 0.154. The third-order valence-electron chi connectivity index (χ3n) is 5.35. The molecule has 0 spiro atoms. The van der Waals surface area contributed by atoms with Crippen molar-refractivity contribution in [3.63, 3.8) is 0 Å². The van der Waals surface area contributed by atoms with Crippen LogP contribution in [-0.2, 0) is 13.0 Å². The van der Waals surface area contributed by atoms with Gasteiger partial charge in [-0.1, -0.05) is 12.2 Å². The highest BCUT2D eigenvalue weighted by Crippen LogP contribution is 2.25. The van der Waals surface area contributed by atoms with Gasteiger partial charge in [-0.2, -0.15) is 0 Å². The number of likely N-dealkylation sites (N-methyl/N-ethyl adjacent to an activating group) is 1. The summed E-state index contributed by atoms with van der Waals surface area (Å²) in [4.78, 5) is 22.8. The number of carbonyl (C=O) groups excluding carboxylic acids is 1. The fraction of sp³-hybridized carbons (Fsp3) is 0.526. The Kier molecular flexibility index (Phi) is 4.19. The number of nitrogens with one attached hydrogen (secondary N) is 1. The molecule has 1 aromatic rings. The molecule has 0 unspecified atom stereocenters. The standard InChI is InChI=1S/C19H26N4O/c1-21-9-11-22(12-10-21)19(24)18-13-15-14-23(8-7-17(15)20-18)16-5-3-2-4-6-16/h3,5-6,13,20H,2,4,7-12,14H2,1H3. The van der Waals surface area contributed by atoms with Crippen molar-refractivity contribution < 1.29 is 4.79 Å². The first kappa shape index (κ1) is 15.5. The molecule has 0 aromatic carbocycles. The van der Waals surface area contributed by atoms with Crippen molar-refractivity contribution >= 4 is 5.91 Å². The first-order valence-electron chi connectivity index (χ1n) is 9.01. The van der Waals surface area contributed by atoms with E-state index in [1.54, 1.807) is 0 Å². The van der Waals surface area contributed by atoms with Gasteiger partial charge in [0.25, 0.3) is 5.91 Å². The van der Waals surface area contributed by atoms with Gasteiger partial charge in [-0.3, -0.25) is 4.79 Å². The number of amides is 1. The molecule has 3 heterocycles. The molecule has 4 rings (SSSR count). The average Bonchev–Trinajstić information content (AvgIpc) is 3.06. The molecule has 3 aliphatic rings. The highest BCUT2D eigenvalue weighted by atomic mass is 16.2. The maximum atomic E-state index is 12.7. The summed E-state index contributed by atoms with van der Waals surface area (Å²) in [6, 6.07) is 2.08. The Hall–Kier alpha value is -2.01. The second-order valence-electron chi connectivity index (χ2n) is 7.06. The van der Waals surface area contributed by atoms with Crippen LogP contribution in [0.5, 0.6) is 0 Å². The van der Waals surface area contributed by atoms with Gasteiger partial charge >= 0.3 is 0 Å². The Morgan fingerprint density at radius 3 is 2.71 bits per heavy atom. The van der Waals surface area contributed by atoms with Crippen LogP contribution in [0.1, 0.15) is 34.6 Å². The van der Waals surface area contributed by atoms with Crippen molar-refractivity contribution in [3.05, 3.63) is 46.9 Å². The molecule has 1 fully saturated rings. The summed E-state index contributed by atoms with van der Waals surface area (Å²) >= 11 is 0. The number of rotatable bonds is 2. The monoisotopic (exact) mass is 326 g/mol. The lowest BCUT2D eigenvalue weighted by molar-refractivity contribution is 0.0658. The molecule has 1 N–H and O–H groups in total. The quantitative estimate of drug-likeness (QED) is 0.904. The van der Waals surface area contributed by atoms with Crippen LogP contribution < -0.4 is 0 Å². The Labute approximate surface area is 143 Å². The maximum Gasteiger partial charge on any atom is 0.270 e. The van der Waals surface area contributed by atoms with Gasteiger partial charge < -0.3 is 19.7 Å². The molecular formula is C19H26N4O. The summed E-state index contributed by atoms with van der Waals surface area (Å²) in [5.41, 5.74) is 4.61. The lowest BCUT2D eigenvalue weighted by Gasteiger charge is -2.32. The van der Waals surface area contributed by atoms with E-state index < -0.39 is 0 Å². The van der Waals surface area contributed by atoms with E-state index >= 15 is 0 Å². The summed E-state index contributed by atoms with van der Waals surface area (Å²) in [6.07, 6.45) is 10.1. The van der Waals surface area contributed by atoms with Crippen molar-refractivity contribution in [1.29, 1.82) is 0 Å². The van der Waals surface area contributed by atoms with Gasteiger partial charge in [0.05, 0.1) is 0 Å². The van der Waals surface area contributed by atoms with E-state index in [9.17, 15) is 4.79 Å².